The number of ether oxygens (including phenoxy) is 1. The molecule has 4 aromatic rings. The molecule has 5 rings (SSSR count). The lowest BCUT2D eigenvalue weighted by Gasteiger charge is -2.24. The normalized spacial score (nSPS) is 16.3. The maximum Gasteiger partial charge on any atom is 0.159 e. The summed E-state index contributed by atoms with van der Waals surface area (Å²) < 4.78 is 7.88. The third-order valence-corrected chi connectivity index (χ3v) is 6.01. The van der Waals surface area contributed by atoms with Gasteiger partial charge >= 0.3 is 0 Å². The van der Waals surface area contributed by atoms with Crippen LogP contribution in [0.2, 0.25) is 0 Å². The first-order chi connectivity index (χ1) is 15.0. The summed E-state index contributed by atoms with van der Waals surface area (Å²) in [7, 11) is 1.73. The molecule has 0 saturated carbocycles. The fourth-order valence-electron chi connectivity index (χ4n) is 4.50. The van der Waals surface area contributed by atoms with Gasteiger partial charge in [0, 0.05) is 41.2 Å². The molecule has 3 aromatic heterocycles. The molecule has 1 aliphatic carbocycles. The number of pyridine rings is 1. The molecule has 3 heterocycles. The highest BCUT2D eigenvalue weighted by Crippen LogP contribution is 2.41. The van der Waals surface area contributed by atoms with Gasteiger partial charge in [-0.2, -0.15) is 0 Å². The van der Waals surface area contributed by atoms with Crippen LogP contribution in [-0.2, 0) is 12.0 Å². The molecule has 0 aliphatic heterocycles. The van der Waals surface area contributed by atoms with E-state index in [2.05, 4.69) is 38.8 Å². The third-order valence-electron chi connectivity index (χ3n) is 6.01. The predicted octanol–water partition coefficient (Wildman–Crippen LogP) is 4.50. The summed E-state index contributed by atoms with van der Waals surface area (Å²) in [6.45, 7) is 3.37. The van der Waals surface area contributed by atoms with Gasteiger partial charge in [-0.05, 0) is 51.3 Å². The van der Waals surface area contributed by atoms with Crippen LogP contribution in [-0.4, -0.2) is 31.6 Å². The van der Waals surface area contributed by atoms with Gasteiger partial charge in [0.15, 0.2) is 5.82 Å². The van der Waals surface area contributed by atoms with E-state index in [1.54, 1.807) is 33.4 Å². The van der Waals surface area contributed by atoms with Crippen LogP contribution in [0.4, 0.5) is 0 Å². The Labute approximate surface area is 181 Å². The van der Waals surface area contributed by atoms with Crippen molar-refractivity contribution in [3.63, 3.8) is 0 Å². The minimum Gasteiger partial charge on any atom is -0.496 e. The van der Waals surface area contributed by atoms with Crippen molar-refractivity contribution in [1.29, 1.82) is 0 Å². The molecule has 1 aromatic carbocycles. The van der Waals surface area contributed by atoms with Crippen LogP contribution in [0.25, 0.3) is 16.8 Å². The molecule has 0 amide bonds. The molecule has 6 nitrogen and oxygen atoms in total. The van der Waals surface area contributed by atoms with E-state index in [0.717, 1.165) is 47.5 Å². The number of nitrogens with zero attached hydrogens (tertiary/aromatic N) is 4. The lowest BCUT2D eigenvalue weighted by Crippen LogP contribution is -2.19. The second-order valence-corrected chi connectivity index (χ2v) is 8.63. The van der Waals surface area contributed by atoms with Crippen molar-refractivity contribution >= 4 is 5.65 Å². The van der Waals surface area contributed by atoms with Crippen molar-refractivity contribution in [2.75, 3.05) is 7.11 Å². The van der Waals surface area contributed by atoms with E-state index < -0.39 is 5.60 Å². The van der Waals surface area contributed by atoms with E-state index >= 15 is 0 Å². The van der Waals surface area contributed by atoms with E-state index in [4.69, 9.17) is 9.72 Å². The fourth-order valence-corrected chi connectivity index (χ4v) is 4.50. The Balaban J connectivity index is 1.62. The summed E-state index contributed by atoms with van der Waals surface area (Å²) in [5.41, 5.74) is 5.41. The van der Waals surface area contributed by atoms with Gasteiger partial charge in [-0.3, -0.25) is 0 Å². The first-order valence-electron chi connectivity index (χ1n) is 10.6. The SMILES string of the molecule is COc1ccccc1[C@@H]1CCCc2nc3ccc(-c4cnc(C(C)(C)O)nc4)cn3c21. The maximum atomic E-state index is 10.1. The van der Waals surface area contributed by atoms with Crippen molar-refractivity contribution in [3.05, 3.63) is 77.8 Å². The van der Waals surface area contributed by atoms with Crippen molar-refractivity contribution in [1.82, 2.24) is 19.4 Å². The first kappa shape index (κ1) is 19.7. The van der Waals surface area contributed by atoms with Gasteiger partial charge in [0.25, 0.3) is 0 Å². The number of hydrogen-bond donors (Lipinski definition) is 1. The first-order valence-corrected chi connectivity index (χ1v) is 10.6. The minimum absolute atomic E-state index is 0.235. The molecule has 31 heavy (non-hydrogen) atoms. The molecule has 0 fully saturated rings. The fraction of sp³-hybridized carbons (Fsp3) is 0.320. The number of rotatable bonds is 4. The molecule has 1 atom stereocenters. The number of aliphatic hydroxyl groups is 1. The topological polar surface area (TPSA) is 72.5 Å². The van der Waals surface area contributed by atoms with Crippen LogP contribution >= 0.6 is 0 Å². The molecular weight excluding hydrogens is 388 g/mol. The summed E-state index contributed by atoms with van der Waals surface area (Å²) in [6, 6.07) is 12.4. The van der Waals surface area contributed by atoms with E-state index in [1.807, 2.05) is 18.2 Å². The molecule has 6 heteroatoms. The Morgan fingerprint density at radius 1 is 1.06 bits per heavy atom. The zero-order valence-electron chi connectivity index (χ0n) is 18.0. The van der Waals surface area contributed by atoms with Gasteiger partial charge in [0.2, 0.25) is 0 Å². The van der Waals surface area contributed by atoms with E-state index in [1.165, 1.54) is 11.3 Å². The summed E-state index contributed by atoms with van der Waals surface area (Å²) in [5.74, 6) is 1.56. The Hall–Kier alpha value is -3.25. The standard InChI is InChI=1S/C25H26N4O2/c1-25(2,30)24-26-13-17(14-27-24)16-11-12-22-28-20-9-6-8-19(23(20)29(22)15-16)18-7-4-5-10-21(18)31-3/h4-5,7,10-15,19,30H,6,8-9H2,1-3H3/t19-/m0/s1. The van der Waals surface area contributed by atoms with Crippen LogP contribution in [0.1, 0.15) is 55.4 Å². The highest BCUT2D eigenvalue weighted by atomic mass is 16.5. The summed E-state index contributed by atoms with van der Waals surface area (Å²) in [5, 5.41) is 10.1. The van der Waals surface area contributed by atoms with E-state index in [9.17, 15) is 5.11 Å². The molecule has 0 saturated heterocycles. The van der Waals surface area contributed by atoms with Gasteiger partial charge in [-0.1, -0.05) is 18.2 Å². The number of hydrogen-bond acceptors (Lipinski definition) is 5. The van der Waals surface area contributed by atoms with E-state index in [-0.39, 0.29) is 5.92 Å². The summed E-state index contributed by atoms with van der Waals surface area (Å²) in [4.78, 5) is 13.7. The lowest BCUT2D eigenvalue weighted by molar-refractivity contribution is 0.0687. The van der Waals surface area contributed by atoms with Crippen LogP contribution in [0.3, 0.4) is 0 Å². The van der Waals surface area contributed by atoms with Crippen molar-refractivity contribution in [3.8, 4) is 16.9 Å². The van der Waals surface area contributed by atoms with Gasteiger partial charge < -0.3 is 14.2 Å². The molecule has 0 unspecified atom stereocenters. The van der Waals surface area contributed by atoms with Gasteiger partial charge in [-0.25, -0.2) is 15.0 Å². The van der Waals surface area contributed by atoms with Crippen LogP contribution < -0.4 is 4.74 Å². The number of para-hydroxylation sites is 1. The molecule has 0 spiro atoms. The number of aryl methyl sites for hydroxylation is 1. The van der Waals surface area contributed by atoms with Crippen molar-refractivity contribution in [2.24, 2.45) is 0 Å². The average molecular weight is 415 g/mol. The molecule has 1 aliphatic rings. The Kier molecular flexibility index (Phi) is 4.74. The largest absolute Gasteiger partial charge is 0.496 e. The zero-order valence-corrected chi connectivity index (χ0v) is 18.0. The van der Waals surface area contributed by atoms with Crippen LogP contribution in [0, 0.1) is 0 Å². The number of benzene rings is 1. The Bertz CT molecular complexity index is 1240. The third kappa shape index (κ3) is 3.47. The minimum atomic E-state index is -1.06. The van der Waals surface area contributed by atoms with Gasteiger partial charge in [0.05, 0.1) is 18.5 Å². The van der Waals surface area contributed by atoms with Gasteiger partial charge in [0.1, 0.15) is 17.0 Å². The van der Waals surface area contributed by atoms with Crippen LogP contribution in [0.15, 0.2) is 55.0 Å². The second kappa shape index (κ2) is 7.46. The number of fused-ring (bicyclic) bond motifs is 3. The predicted molar refractivity (Wildman–Crippen MR) is 119 cm³/mol. The molecule has 158 valence electrons. The Morgan fingerprint density at radius 3 is 2.58 bits per heavy atom. The molecule has 0 radical (unpaired) electrons. The quantitative estimate of drug-likeness (QED) is 0.532. The molecular formula is C25H26N4O2. The van der Waals surface area contributed by atoms with E-state index in [0.29, 0.717) is 5.82 Å². The van der Waals surface area contributed by atoms with Crippen molar-refractivity contribution in [2.45, 2.75) is 44.6 Å². The average Bonchev–Trinajstić information content (AvgIpc) is 3.16. The number of imidazole rings is 1. The van der Waals surface area contributed by atoms with Crippen LogP contribution in [0.5, 0.6) is 5.75 Å². The van der Waals surface area contributed by atoms with Gasteiger partial charge in [-0.15, -0.1) is 0 Å². The maximum absolute atomic E-state index is 10.1. The number of methoxy groups -OCH3 is 1. The zero-order chi connectivity index (χ0) is 21.6. The Morgan fingerprint density at radius 2 is 1.84 bits per heavy atom. The monoisotopic (exact) mass is 414 g/mol. The molecule has 0 bridgehead atoms. The second-order valence-electron chi connectivity index (χ2n) is 8.63. The van der Waals surface area contributed by atoms with Crippen molar-refractivity contribution < 1.29 is 9.84 Å². The highest BCUT2D eigenvalue weighted by molar-refractivity contribution is 5.64. The highest BCUT2D eigenvalue weighted by Gasteiger charge is 2.29. The smallest absolute Gasteiger partial charge is 0.159 e. The summed E-state index contributed by atoms with van der Waals surface area (Å²) in [6.07, 6.45) is 8.82. The summed E-state index contributed by atoms with van der Waals surface area (Å²) >= 11 is 0. The lowest BCUT2D eigenvalue weighted by atomic mass is 9.84. The number of aromatic nitrogens is 4. The molecule has 1 N–H and O–H groups in total.